The molecule has 0 unspecified atom stereocenters. The van der Waals surface area contributed by atoms with Crippen molar-refractivity contribution in [1.29, 1.82) is 0 Å². The standard InChI is InChI=1S/C21H29N5O2/c1-15-12-16(2)26(23-15)18-6-4-17(5-7-18)21(27)22-19-13-28-14-20(19)25-10-8-24(3)9-11-25/h4-7,12,19-20H,8-11,13-14H2,1-3H3,(H,22,27)/t19-,20-/m0/s1. The number of rotatable bonds is 4. The van der Waals surface area contributed by atoms with Crippen molar-refractivity contribution in [2.75, 3.05) is 46.4 Å². The average Bonchev–Trinajstić information content (AvgIpc) is 3.28. The Bertz CT molecular complexity index is 824. The van der Waals surface area contributed by atoms with Gasteiger partial charge >= 0.3 is 0 Å². The van der Waals surface area contributed by atoms with Crippen molar-refractivity contribution in [2.24, 2.45) is 0 Å². The number of likely N-dealkylation sites (N-methyl/N-ethyl adjacent to an activating group) is 1. The maximum absolute atomic E-state index is 12.8. The van der Waals surface area contributed by atoms with Crippen molar-refractivity contribution in [2.45, 2.75) is 25.9 Å². The summed E-state index contributed by atoms with van der Waals surface area (Å²) >= 11 is 0. The summed E-state index contributed by atoms with van der Waals surface area (Å²) in [5.41, 5.74) is 3.68. The second kappa shape index (κ2) is 8.03. The average molecular weight is 383 g/mol. The van der Waals surface area contributed by atoms with Gasteiger partial charge in [-0.15, -0.1) is 0 Å². The van der Waals surface area contributed by atoms with Crippen LogP contribution in [-0.4, -0.2) is 84.0 Å². The van der Waals surface area contributed by atoms with Crippen LogP contribution < -0.4 is 5.32 Å². The first-order chi connectivity index (χ1) is 13.5. The molecule has 4 rings (SSSR count). The lowest BCUT2D eigenvalue weighted by molar-refractivity contribution is 0.0829. The molecule has 0 saturated carbocycles. The molecule has 1 aromatic carbocycles. The van der Waals surface area contributed by atoms with Gasteiger partial charge in [-0.05, 0) is 51.2 Å². The zero-order valence-electron chi connectivity index (χ0n) is 16.9. The fraction of sp³-hybridized carbons (Fsp3) is 0.524. The van der Waals surface area contributed by atoms with Crippen molar-refractivity contribution in [3.63, 3.8) is 0 Å². The van der Waals surface area contributed by atoms with E-state index in [-0.39, 0.29) is 18.0 Å². The van der Waals surface area contributed by atoms with Crippen LogP contribution in [0.4, 0.5) is 0 Å². The van der Waals surface area contributed by atoms with E-state index in [0.717, 1.165) is 43.3 Å². The molecule has 1 amide bonds. The van der Waals surface area contributed by atoms with Gasteiger partial charge in [-0.3, -0.25) is 9.69 Å². The van der Waals surface area contributed by atoms with Gasteiger partial charge in [0.2, 0.25) is 0 Å². The monoisotopic (exact) mass is 383 g/mol. The second-order valence-corrected chi connectivity index (χ2v) is 7.91. The predicted octanol–water partition coefficient (Wildman–Crippen LogP) is 1.23. The first-order valence-electron chi connectivity index (χ1n) is 9.96. The minimum atomic E-state index is -0.0467. The smallest absolute Gasteiger partial charge is 0.251 e. The van der Waals surface area contributed by atoms with Crippen molar-refractivity contribution in [3.05, 3.63) is 47.3 Å². The molecule has 1 aromatic heterocycles. The van der Waals surface area contributed by atoms with E-state index in [9.17, 15) is 4.79 Å². The van der Waals surface area contributed by atoms with Crippen LogP contribution in [0.2, 0.25) is 0 Å². The minimum absolute atomic E-state index is 0.0339. The Morgan fingerprint density at radius 3 is 2.46 bits per heavy atom. The highest BCUT2D eigenvalue weighted by atomic mass is 16.5. The largest absolute Gasteiger partial charge is 0.378 e. The van der Waals surface area contributed by atoms with Gasteiger partial charge < -0.3 is 15.0 Å². The number of hydrogen-bond donors (Lipinski definition) is 1. The van der Waals surface area contributed by atoms with Gasteiger partial charge in [0, 0.05) is 37.4 Å². The van der Waals surface area contributed by atoms with Crippen molar-refractivity contribution in [1.82, 2.24) is 24.9 Å². The van der Waals surface area contributed by atoms with Crippen molar-refractivity contribution < 1.29 is 9.53 Å². The lowest BCUT2D eigenvalue weighted by Crippen LogP contribution is -2.56. The van der Waals surface area contributed by atoms with E-state index in [1.165, 1.54) is 0 Å². The second-order valence-electron chi connectivity index (χ2n) is 7.91. The van der Waals surface area contributed by atoms with Gasteiger partial charge in [-0.2, -0.15) is 5.10 Å². The molecular formula is C21H29N5O2. The molecule has 2 atom stereocenters. The molecule has 0 radical (unpaired) electrons. The first-order valence-corrected chi connectivity index (χ1v) is 9.96. The van der Waals surface area contributed by atoms with E-state index < -0.39 is 0 Å². The molecule has 2 saturated heterocycles. The molecular weight excluding hydrogens is 354 g/mol. The SMILES string of the molecule is Cc1cc(C)n(-c2ccc(C(=O)N[C@H]3COC[C@@H]3N3CCN(C)CC3)cc2)n1. The molecule has 2 aliphatic heterocycles. The molecule has 0 spiro atoms. The van der Waals surface area contributed by atoms with Crippen LogP contribution in [0.5, 0.6) is 0 Å². The molecule has 2 fully saturated rings. The van der Waals surface area contributed by atoms with E-state index in [1.54, 1.807) is 0 Å². The van der Waals surface area contributed by atoms with Gasteiger partial charge in [0.15, 0.2) is 0 Å². The molecule has 1 N–H and O–H groups in total. The molecule has 3 heterocycles. The van der Waals surface area contributed by atoms with E-state index in [4.69, 9.17) is 4.74 Å². The summed E-state index contributed by atoms with van der Waals surface area (Å²) in [6, 6.07) is 9.94. The van der Waals surface area contributed by atoms with Crippen LogP contribution in [0.3, 0.4) is 0 Å². The van der Waals surface area contributed by atoms with Crippen molar-refractivity contribution in [3.8, 4) is 5.69 Å². The van der Waals surface area contributed by atoms with Gasteiger partial charge in [0.25, 0.3) is 5.91 Å². The quantitative estimate of drug-likeness (QED) is 0.861. The number of nitrogens with one attached hydrogen (secondary N) is 1. The molecule has 0 aliphatic carbocycles. The fourth-order valence-electron chi connectivity index (χ4n) is 4.09. The predicted molar refractivity (Wildman–Crippen MR) is 108 cm³/mol. The van der Waals surface area contributed by atoms with Gasteiger partial charge in [0.1, 0.15) is 0 Å². The van der Waals surface area contributed by atoms with Crippen LogP contribution in [0, 0.1) is 13.8 Å². The molecule has 2 aliphatic rings. The molecule has 2 aromatic rings. The molecule has 28 heavy (non-hydrogen) atoms. The molecule has 7 nitrogen and oxygen atoms in total. The zero-order chi connectivity index (χ0) is 19.7. The third-order valence-corrected chi connectivity index (χ3v) is 5.76. The van der Waals surface area contributed by atoms with E-state index in [2.05, 4.69) is 27.3 Å². The Labute approximate surface area is 166 Å². The minimum Gasteiger partial charge on any atom is -0.378 e. The Hall–Kier alpha value is -2.22. The number of hydrogen-bond acceptors (Lipinski definition) is 5. The highest BCUT2D eigenvalue weighted by molar-refractivity contribution is 5.94. The van der Waals surface area contributed by atoms with E-state index >= 15 is 0 Å². The highest BCUT2D eigenvalue weighted by Gasteiger charge is 2.35. The van der Waals surface area contributed by atoms with Crippen LogP contribution in [0.15, 0.2) is 30.3 Å². The maximum Gasteiger partial charge on any atom is 0.251 e. The summed E-state index contributed by atoms with van der Waals surface area (Å²) in [4.78, 5) is 17.6. The molecule has 150 valence electrons. The number of aromatic nitrogens is 2. The van der Waals surface area contributed by atoms with Gasteiger partial charge in [-0.25, -0.2) is 4.68 Å². The Morgan fingerprint density at radius 2 is 1.82 bits per heavy atom. The number of piperazine rings is 1. The lowest BCUT2D eigenvalue weighted by Gasteiger charge is -2.38. The number of carbonyl (C=O) groups is 1. The zero-order valence-corrected chi connectivity index (χ0v) is 16.9. The lowest BCUT2D eigenvalue weighted by atomic mass is 10.1. The topological polar surface area (TPSA) is 62.6 Å². The number of aryl methyl sites for hydroxylation is 2. The van der Waals surface area contributed by atoms with Crippen LogP contribution >= 0.6 is 0 Å². The number of nitrogens with zero attached hydrogens (tertiary/aromatic N) is 4. The normalized spacial score (nSPS) is 23.8. The summed E-state index contributed by atoms with van der Waals surface area (Å²) in [5.74, 6) is -0.0467. The van der Waals surface area contributed by atoms with Crippen LogP contribution in [0.1, 0.15) is 21.7 Å². The number of ether oxygens (including phenoxy) is 1. The van der Waals surface area contributed by atoms with E-state index in [0.29, 0.717) is 18.8 Å². The number of benzene rings is 1. The first kappa shape index (κ1) is 19.1. The summed E-state index contributed by atoms with van der Waals surface area (Å²) < 4.78 is 7.59. The van der Waals surface area contributed by atoms with E-state index in [1.807, 2.05) is 48.9 Å². The molecule has 0 bridgehead atoms. The fourth-order valence-corrected chi connectivity index (χ4v) is 4.09. The van der Waals surface area contributed by atoms with Crippen LogP contribution in [0.25, 0.3) is 5.69 Å². The Morgan fingerprint density at radius 1 is 1.11 bits per heavy atom. The Kier molecular flexibility index (Phi) is 5.48. The third kappa shape index (κ3) is 3.97. The number of carbonyl (C=O) groups excluding carboxylic acids is 1. The molecule has 7 heteroatoms. The third-order valence-electron chi connectivity index (χ3n) is 5.76. The number of amides is 1. The Balaban J connectivity index is 1.41. The summed E-state index contributed by atoms with van der Waals surface area (Å²) in [5, 5.41) is 7.68. The summed E-state index contributed by atoms with van der Waals surface area (Å²) in [6.45, 7) is 9.43. The summed E-state index contributed by atoms with van der Waals surface area (Å²) in [6.07, 6.45) is 0. The van der Waals surface area contributed by atoms with Gasteiger partial charge in [-0.1, -0.05) is 0 Å². The van der Waals surface area contributed by atoms with Gasteiger partial charge in [0.05, 0.1) is 36.7 Å². The summed E-state index contributed by atoms with van der Waals surface area (Å²) in [7, 11) is 2.15. The maximum atomic E-state index is 12.8. The van der Waals surface area contributed by atoms with Crippen molar-refractivity contribution >= 4 is 5.91 Å². The highest BCUT2D eigenvalue weighted by Crippen LogP contribution is 2.17. The van der Waals surface area contributed by atoms with Crippen LogP contribution in [-0.2, 0) is 4.74 Å².